The van der Waals surface area contributed by atoms with Gasteiger partial charge in [-0.05, 0) is 53.9 Å². The zero-order valence-corrected chi connectivity index (χ0v) is 12.1. The van der Waals surface area contributed by atoms with Crippen LogP contribution in [0.25, 0.3) is 0 Å². The first-order valence-electron chi connectivity index (χ1n) is 6.28. The van der Waals surface area contributed by atoms with Crippen LogP contribution in [0.1, 0.15) is 22.8 Å². The molecule has 0 radical (unpaired) electrons. The number of ether oxygens (including phenoxy) is 1. The Morgan fingerprint density at radius 2 is 2.00 bits per heavy atom. The smallest absolute Gasteiger partial charge is 0.123 e. The minimum Gasteiger partial charge on any atom is -0.496 e. The zero-order chi connectivity index (χ0) is 14.7. The van der Waals surface area contributed by atoms with E-state index in [2.05, 4.69) is 0 Å². The van der Waals surface area contributed by atoms with E-state index in [1.54, 1.807) is 31.4 Å². The normalized spacial score (nSPS) is 12.2. The standard InChI is InChI=1S/C16H16ClFO2/c1-10-3-5-13(18)9-14(10)15(19)8-11-7-12(17)4-6-16(11)20-2/h3-7,9,15,19H,8H2,1-2H3. The lowest BCUT2D eigenvalue weighted by atomic mass is 9.97. The molecule has 0 aliphatic rings. The number of hydrogen-bond acceptors (Lipinski definition) is 2. The maximum Gasteiger partial charge on any atom is 0.123 e. The van der Waals surface area contributed by atoms with E-state index in [1.807, 2.05) is 6.92 Å². The van der Waals surface area contributed by atoms with Crippen molar-refractivity contribution in [2.24, 2.45) is 0 Å². The van der Waals surface area contributed by atoms with Crippen LogP contribution in [0.15, 0.2) is 36.4 Å². The number of aryl methyl sites for hydroxylation is 1. The highest BCUT2D eigenvalue weighted by molar-refractivity contribution is 6.30. The number of rotatable bonds is 4. The highest BCUT2D eigenvalue weighted by Crippen LogP contribution is 2.29. The molecule has 2 nitrogen and oxygen atoms in total. The van der Waals surface area contributed by atoms with Crippen LogP contribution in [0.4, 0.5) is 4.39 Å². The summed E-state index contributed by atoms with van der Waals surface area (Å²) < 4.78 is 18.5. The van der Waals surface area contributed by atoms with Gasteiger partial charge in [0.25, 0.3) is 0 Å². The third kappa shape index (κ3) is 3.30. The Balaban J connectivity index is 2.29. The van der Waals surface area contributed by atoms with E-state index in [9.17, 15) is 9.50 Å². The van der Waals surface area contributed by atoms with Crippen LogP contribution in [0.5, 0.6) is 5.75 Å². The molecule has 0 saturated carbocycles. The second-order valence-electron chi connectivity index (χ2n) is 4.68. The SMILES string of the molecule is COc1ccc(Cl)cc1CC(O)c1cc(F)ccc1C. The van der Waals surface area contributed by atoms with Gasteiger partial charge in [-0.15, -0.1) is 0 Å². The molecule has 4 heteroatoms. The number of aliphatic hydroxyl groups excluding tert-OH is 1. The van der Waals surface area contributed by atoms with Crippen molar-refractivity contribution >= 4 is 11.6 Å². The monoisotopic (exact) mass is 294 g/mol. The Bertz CT molecular complexity index is 613. The van der Waals surface area contributed by atoms with Gasteiger partial charge in [0.2, 0.25) is 0 Å². The first-order chi connectivity index (χ1) is 9.51. The van der Waals surface area contributed by atoms with Gasteiger partial charge in [0.05, 0.1) is 13.2 Å². The van der Waals surface area contributed by atoms with Crippen LogP contribution in [0.3, 0.4) is 0 Å². The molecule has 1 atom stereocenters. The molecule has 2 aromatic carbocycles. The van der Waals surface area contributed by atoms with Gasteiger partial charge in [-0.25, -0.2) is 4.39 Å². The predicted octanol–water partition coefficient (Wildman–Crippen LogP) is 4.07. The van der Waals surface area contributed by atoms with Crippen molar-refractivity contribution in [3.05, 3.63) is 63.9 Å². The van der Waals surface area contributed by atoms with Gasteiger partial charge in [-0.3, -0.25) is 0 Å². The second kappa shape index (κ2) is 6.25. The fourth-order valence-corrected chi connectivity index (χ4v) is 2.39. The molecule has 0 saturated heterocycles. The summed E-state index contributed by atoms with van der Waals surface area (Å²) in [7, 11) is 1.56. The summed E-state index contributed by atoms with van der Waals surface area (Å²) in [6.07, 6.45) is -0.494. The van der Waals surface area contributed by atoms with Gasteiger partial charge >= 0.3 is 0 Å². The summed E-state index contributed by atoms with van der Waals surface area (Å²) in [4.78, 5) is 0. The van der Waals surface area contributed by atoms with Crippen molar-refractivity contribution < 1.29 is 14.2 Å². The summed E-state index contributed by atoms with van der Waals surface area (Å²) in [6, 6.07) is 9.62. The maximum absolute atomic E-state index is 13.3. The third-order valence-electron chi connectivity index (χ3n) is 3.26. The van der Waals surface area contributed by atoms with Gasteiger partial charge < -0.3 is 9.84 Å². The lowest BCUT2D eigenvalue weighted by Crippen LogP contribution is -2.05. The van der Waals surface area contributed by atoms with Gasteiger partial charge in [0.1, 0.15) is 11.6 Å². The molecular weight excluding hydrogens is 279 g/mol. The maximum atomic E-state index is 13.3. The van der Waals surface area contributed by atoms with E-state index in [4.69, 9.17) is 16.3 Å². The number of methoxy groups -OCH3 is 1. The first kappa shape index (κ1) is 14.8. The summed E-state index contributed by atoms with van der Waals surface area (Å²) in [5.41, 5.74) is 2.21. The highest BCUT2D eigenvalue weighted by atomic mass is 35.5. The van der Waals surface area contributed by atoms with Crippen LogP contribution in [-0.4, -0.2) is 12.2 Å². The van der Waals surface area contributed by atoms with E-state index in [0.717, 1.165) is 11.1 Å². The molecule has 106 valence electrons. The number of benzene rings is 2. The lowest BCUT2D eigenvalue weighted by Gasteiger charge is -2.16. The molecule has 0 heterocycles. The minimum absolute atomic E-state index is 0.314. The molecule has 2 rings (SSSR count). The van der Waals surface area contributed by atoms with Crippen molar-refractivity contribution in [3.63, 3.8) is 0 Å². The van der Waals surface area contributed by atoms with E-state index in [1.165, 1.54) is 12.1 Å². The number of hydrogen-bond donors (Lipinski definition) is 1. The lowest BCUT2D eigenvalue weighted by molar-refractivity contribution is 0.176. The minimum atomic E-state index is -0.807. The largest absolute Gasteiger partial charge is 0.496 e. The second-order valence-corrected chi connectivity index (χ2v) is 5.11. The fraction of sp³-hybridized carbons (Fsp3) is 0.250. The molecule has 1 N–H and O–H groups in total. The molecule has 0 amide bonds. The molecular formula is C16H16ClFO2. The predicted molar refractivity (Wildman–Crippen MR) is 77.8 cm³/mol. The average Bonchev–Trinajstić information content (AvgIpc) is 2.41. The number of halogens is 2. The molecule has 0 aromatic heterocycles. The van der Waals surface area contributed by atoms with Gasteiger partial charge in [-0.1, -0.05) is 17.7 Å². The summed E-state index contributed by atoms with van der Waals surface area (Å²) in [5, 5.41) is 10.9. The summed E-state index contributed by atoms with van der Waals surface area (Å²) in [6.45, 7) is 1.84. The van der Waals surface area contributed by atoms with E-state index in [-0.39, 0.29) is 5.82 Å². The molecule has 0 spiro atoms. The van der Waals surface area contributed by atoms with Crippen LogP contribution in [-0.2, 0) is 6.42 Å². The topological polar surface area (TPSA) is 29.5 Å². The van der Waals surface area contributed by atoms with Crippen LogP contribution < -0.4 is 4.74 Å². The molecule has 0 bridgehead atoms. The molecule has 0 aliphatic heterocycles. The zero-order valence-electron chi connectivity index (χ0n) is 11.4. The fourth-order valence-electron chi connectivity index (χ4n) is 2.20. The Labute approximate surface area is 122 Å². The van der Waals surface area contributed by atoms with Gasteiger partial charge in [0, 0.05) is 11.4 Å². The molecule has 0 aliphatic carbocycles. The van der Waals surface area contributed by atoms with Crippen LogP contribution in [0.2, 0.25) is 5.02 Å². The van der Waals surface area contributed by atoms with Crippen LogP contribution >= 0.6 is 11.6 Å². The summed E-state index contributed by atoms with van der Waals surface area (Å²) >= 11 is 5.96. The van der Waals surface area contributed by atoms with Crippen molar-refractivity contribution in [3.8, 4) is 5.75 Å². The van der Waals surface area contributed by atoms with Crippen molar-refractivity contribution in [2.45, 2.75) is 19.4 Å². The molecule has 1 unspecified atom stereocenters. The number of aliphatic hydroxyl groups is 1. The quantitative estimate of drug-likeness (QED) is 0.921. The van der Waals surface area contributed by atoms with Gasteiger partial charge in [0.15, 0.2) is 0 Å². The molecule has 20 heavy (non-hydrogen) atoms. The van der Waals surface area contributed by atoms with Crippen molar-refractivity contribution in [1.82, 2.24) is 0 Å². The average molecular weight is 295 g/mol. The van der Waals surface area contributed by atoms with E-state index >= 15 is 0 Å². The first-order valence-corrected chi connectivity index (χ1v) is 6.65. The third-order valence-corrected chi connectivity index (χ3v) is 3.49. The van der Waals surface area contributed by atoms with Gasteiger partial charge in [-0.2, -0.15) is 0 Å². The van der Waals surface area contributed by atoms with E-state index < -0.39 is 6.10 Å². The Hall–Kier alpha value is -1.58. The Morgan fingerprint density at radius 1 is 1.25 bits per heavy atom. The van der Waals surface area contributed by atoms with E-state index in [0.29, 0.717) is 22.8 Å². The van der Waals surface area contributed by atoms with Crippen LogP contribution in [0, 0.1) is 12.7 Å². The highest BCUT2D eigenvalue weighted by Gasteiger charge is 2.15. The molecule has 2 aromatic rings. The van der Waals surface area contributed by atoms with Crippen molar-refractivity contribution in [1.29, 1.82) is 0 Å². The Kier molecular flexibility index (Phi) is 4.63. The Morgan fingerprint density at radius 3 is 2.70 bits per heavy atom. The van der Waals surface area contributed by atoms with Crippen molar-refractivity contribution in [2.75, 3.05) is 7.11 Å². The molecule has 0 fully saturated rings. The summed E-state index contributed by atoms with van der Waals surface area (Å²) in [5.74, 6) is 0.296.